The van der Waals surface area contributed by atoms with Crippen LogP contribution in [0.5, 0.6) is 0 Å². The fourth-order valence-corrected chi connectivity index (χ4v) is 2.84. The summed E-state index contributed by atoms with van der Waals surface area (Å²) < 4.78 is 0. The van der Waals surface area contributed by atoms with Crippen LogP contribution in [-0.4, -0.2) is 46.1 Å². The summed E-state index contributed by atoms with van der Waals surface area (Å²) in [4.78, 5) is 14.4. The van der Waals surface area contributed by atoms with Crippen molar-refractivity contribution in [3.8, 4) is 0 Å². The van der Waals surface area contributed by atoms with E-state index in [1.807, 2.05) is 17.0 Å². The highest BCUT2D eigenvalue weighted by Gasteiger charge is 2.29. The lowest BCUT2D eigenvalue weighted by molar-refractivity contribution is -0.118. The number of amides is 1. The lowest BCUT2D eigenvalue weighted by atomic mass is 9.95. The minimum atomic E-state index is -0.713. The first-order valence-electron chi connectivity index (χ1n) is 7.01. The quantitative estimate of drug-likeness (QED) is 0.726. The van der Waals surface area contributed by atoms with Crippen LogP contribution < -0.4 is 11.1 Å². The second-order valence-electron chi connectivity index (χ2n) is 5.77. The van der Waals surface area contributed by atoms with Gasteiger partial charge in [-0.25, -0.2) is 0 Å². The standard InChI is InChI=1S/C15H21N3O2S/c1-15(20)7-4-8-18(10-15)9-13(19)17-12-6-3-2-5-11(12)14(16)21/h2-3,5-6,20H,4,7-10H2,1H3,(H2,16,21)(H,17,19). The van der Waals surface area contributed by atoms with Crippen LogP contribution in [0.4, 0.5) is 5.69 Å². The lowest BCUT2D eigenvalue weighted by Crippen LogP contribution is -2.48. The molecule has 21 heavy (non-hydrogen) atoms. The van der Waals surface area contributed by atoms with Gasteiger partial charge in [0.2, 0.25) is 5.91 Å². The number of para-hydroxylation sites is 1. The van der Waals surface area contributed by atoms with Crippen molar-refractivity contribution in [3.05, 3.63) is 29.8 Å². The number of likely N-dealkylation sites (tertiary alicyclic amines) is 1. The molecule has 1 saturated heterocycles. The Morgan fingerprint density at radius 3 is 2.90 bits per heavy atom. The molecule has 4 N–H and O–H groups in total. The Bertz CT molecular complexity index is 545. The van der Waals surface area contributed by atoms with Gasteiger partial charge in [-0.05, 0) is 38.4 Å². The van der Waals surface area contributed by atoms with E-state index >= 15 is 0 Å². The predicted molar refractivity (Wildman–Crippen MR) is 87.3 cm³/mol. The summed E-state index contributed by atoms with van der Waals surface area (Å²) in [5.41, 5.74) is 6.22. The van der Waals surface area contributed by atoms with Crippen LogP contribution in [-0.2, 0) is 4.79 Å². The van der Waals surface area contributed by atoms with E-state index in [1.165, 1.54) is 0 Å². The molecule has 1 aliphatic rings. The molecule has 0 aromatic heterocycles. The van der Waals surface area contributed by atoms with E-state index in [4.69, 9.17) is 18.0 Å². The normalized spacial score (nSPS) is 22.8. The van der Waals surface area contributed by atoms with Gasteiger partial charge in [-0.2, -0.15) is 0 Å². The number of nitrogens with two attached hydrogens (primary N) is 1. The molecule has 1 aliphatic heterocycles. The number of anilines is 1. The molecule has 0 aliphatic carbocycles. The maximum absolute atomic E-state index is 12.1. The molecular weight excluding hydrogens is 286 g/mol. The van der Waals surface area contributed by atoms with E-state index in [9.17, 15) is 9.90 Å². The monoisotopic (exact) mass is 307 g/mol. The summed E-state index contributed by atoms with van der Waals surface area (Å²) in [6, 6.07) is 7.21. The molecule has 1 fully saturated rings. The summed E-state index contributed by atoms with van der Waals surface area (Å²) in [5.74, 6) is -0.128. The third-order valence-corrected chi connectivity index (χ3v) is 3.81. The number of aliphatic hydroxyl groups is 1. The Balaban J connectivity index is 1.98. The van der Waals surface area contributed by atoms with Gasteiger partial charge < -0.3 is 16.2 Å². The van der Waals surface area contributed by atoms with Crippen LogP contribution in [0.3, 0.4) is 0 Å². The third kappa shape index (κ3) is 4.49. The summed E-state index contributed by atoms with van der Waals surface area (Å²) >= 11 is 4.98. The Hall–Kier alpha value is -1.50. The molecule has 1 aromatic carbocycles. The number of piperidine rings is 1. The van der Waals surface area contributed by atoms with Crippen molar-refractivity contribution < 1.29 is 9.90 Å². The van der Waals surface area contributed by atoms with Gasteiger partial charge in [0, 0.05) is 12.1 Å². The van der Waals surface area contributed by atoms with Crippen LogP contribution in [0.15, 0.2) is 24.3 Å². The van der Waals surface area contributed by atoms with Crippen LogP contribution in [0.1, 0.15) is 25.3 Å². The average molecular weight is 307 g/mol. The van der Waals surface area contributed by atoms with E-state index < -0.39 is 5.60 Å². The fourth-order valence-electron chi connectivity index (χ4n) is 2.66. The van der Waals surface area contributed by atoms with Gasteiger partial charge in [-0.1, -0.05) is 24.4 Å². The van der Waals surface area contributed by atoms with Crippen molar-refractivity contribution in [1.82, 2.24) is 4.90 Å². The first-order chi connectivity index (χ1) is 9.87. The number of benzene rings is 1. The van der Waals surface area contributed by atoms with Gasteiger partial charge in [0.1, 0.15) is 4.99 Å². The molecule has 114 valence electrons. The van der Waals surface area contributed by atoms with Crippen molar-refractivity contribution >= 4 is 28.8 Å². The van der Waals surface area contributed by atoms with E-state index in [-0.39, 0.29) is 17.4 Å². The third-order valence-electron chi connectivity index (χ3n) is 3.59. The van der Waals surface area contributed by atoms with Gasteiger partial charge in [0.05, 0.1) is 17.8 Å². The smallest absolute Gasteiger partial charge is 0.238 e. The topological polar surface area (TPSA) is 78.6 Å². The summed E-state index contributed by atoms with van der Waals surface area (Å²) in [5, 5.41) is 12.9. The van der Waals surface area contributed by atoms with Crippen LogP contribution >= 0.6 is 12.2 Å². The number of nitrogens with zero attached hydrogens (tertiary/aromatic N) is 1. The SMILES string of the molecule is CC1(O)CCCN(CC(=O)Nc2ccccc2C(N)=S)C1. The van der Waals surface area contributed by atoms with E-state index in [2.05, 4.69) is 5.32 Å². The molecule has 0 saturated carbocycles. The van der Waals surface area contributed by atoms with Crippen molar-refractivity contribution in [1.29, 1.82) is 0 Å². The molecule has 0 spiro atoms. The summed E-state index contributed by atoms with van der Waals surface area (Å²) in [6.07, 6.45) is 1.67. The molecule has 0 bridgehead atoms. The highest BCUT2D eigenvalue weighted by atomic mass is 32.1. The molecule has 0 radical (unpaired) electrons. The van der Waals surface area contributed by atoms with Crippen molar-refractivity contribution in [3.63, 3.8) is 0 Å². The van der Waals surface area contributed by atoms with Crippen molar-refractivity contribution in [2.24, 2.45) is 5.73 Å². The fraction of sp³-hybridized carbons (Fsp3) is 0.467. The number of carbonyl (C=O) groups excluding carboxylic acids is 1. The lowest BCUT2D eigenvalue weighted by Gasteiger charge is -2.36. The molecule has 1 amide bonds. The average Bonchev–Trinajstić information content (AvgIpc) is 2.37. The Labute approximate surface area is 130 Å². The van der Waals surface area contributed by atoms with E-state index in [0.29, 0.717) is 17.8 Å². The zero-order valence-electron chi connectivity index (χ0n) is 12.1. The first kappa shape index (κ1) is 15.9. The predicted octanol–water partition coefficient (Wildman–Crippen LogP) is 1.11. The molecule has 6 heteroatoms. The second kappa shape index (κ2) is 6.51. The molecular formula is C15H21N3O2S. The minimum Gasteiger partial charge on any atom is -0.389 e. The van der Waals surface area contributed by atoms with Crippen LogP contribution in [0.25, 0.3) is 0 Å². The molecule has 1 heterocycles. The second-order valence-corrected chi connectivity index (χ2v) is 6.21. The minimum absolute atomic E-state index is 0.128. The number of nitrogens with one attached hydrogen (secondary N) is 1. The highest BCUT2D eigenvalue weighted by molar-refractivity contribution is 7.80. The van der Waals surface area contributed by atoms with Crippen LogP contribution in [0, 0.1) is 0 Å². The first-order valence-corrected chi connectivity index (χ1v) is 7.42. The van der Waals surface area contributed by atoms with Gasteiger partial charge in [-0.3, -0.25) is 9.69 Å². The number of thiocarbonyl (C=S) groups is 1. The maximum Gasteiger partial charge on any atom is 0.238 e. The molecule has 5 nitrogen and oxygen atoms in total. The van der Waals surface area contributed by atoms with Crippen molar-refractivity contribution in [2.45, 2.75) is 25.4 Å². The Morgan fingerprint density at radius 2 is 2.24 bits per heavy atom. The van der Waals surface area contributed by atoms with E-state index in [0.717, 1.165) is 19.4 Å². The van der Waals surface area contributed by atoms with E-state index in [1.54, 1.807) is 19.1 Å². The number of carbonyl (C=O) groups is 1. The number of hydrogen-bond acceptors (Lipinski definition) is 4. The van der Waals surface area contributed by atoms with Gasteiger partial charge in [-0.15, -0.1) is 0 Å². The molecule has 1 atom stereocenters. The zero-order valence-corrected chi connectivity index (χ0v) is 12.9. The Morgan fingerprint density at radius 1 is 1.52 bits per heavy atom. The summed E-state index contributed by atoms with van der Waals surface area (Å²) in [6.45, 7) is 3.39. The van der Waals surface area contributed by atoms with Gasteiger partial charge >= 0.3 is 0 Å². The molecule has 1 unspecified atom stereocenters. The van der Waals surface area contributed by atoms with Gasteiger partial charge in [0.25, 0.3) is 0 Å². The highest BCUT2D eigenvalue weighted by Crippen LogP contribution is 2.20. The summed E-state index contributed by atoms with van der Waals surface area (Å²) in [7, 11) is 0. The van der Waals surface area contributed by atoms with Crippen LogP contribution in [0.2, 0.25) is 0 Å². The van der Waals surface area contributed by atoms with Crippen molar-refractivity contribution in [2.75, 3.05) is 25.0 Å². The molecule has 2 rings (SSSR count). The Kier molecular flexibility index (Phi) is 4.92. The number of rotatable bonds is 4. The number of hydrogen-bond donors (Lipinski definition) is 3. The molecule has 1 aromatic rings. The largest absolute Gasteiger partial charge is 0.389 e. The maximum atomic E-state index is 12.1. The zero-order chi connectivity index (χ0) is 15.5. The van der Waals surface area contributed by atoms with Gasteiger partial charge in [0.15, 0.2) is 0 Å². The number of β-amino-alcohol motifs (C(OH)–C–C–N with tert-alkyl or cyclic N) is 1.